The van der Waals surface area contributed by atoms with Crippen LogP contribution >= 0.6 is 27.5 Å². The van der Waals surface area contributed by atoms with Gasteiger partial charge in [0.1, 0.15) is 13.2 Å². The van der Waals surface area contributed by atoms with E-state index in [0.29, 0.717) is 18.6 Å². The molecule has 0 radical (unpaired) electrons. The molecule has 3 rings (SSSR count). The first kappa shape index (κ1) is 14.5. The maximum atomic E-state index is 6.49. The molecular weight excluding hydrogens is 340 g/mol. The van der Waals surface area contributed by atoms with Gasteiger partial charge in [-0.15, -0.1) is 0 Å². The molecule has 0 bridgehead atoms. The van der Waals surface area contributed by atoms with Crippen molar-refractivity contribution in [2.75, 3.05) is 13.2 Å². The summed E-state index contributed by atoms with van der Waals surface area (Å²) in [5.74, 6) is 1.59. The van der Waals surface area contributed by atoms with Crippen LogP contribution < -0.4 is 9.47 Å². The van der Waals surface area contributed by atoms with Gasteiger partial charge in [0.05, 0.1) is 0 Å². The van der Waals surface area contributed by atoms with Crippen LogP contribution in [0, 0.1) is 5.41 Å². The summed E-state index contributed by atoms with van der Waals surface area (Å²) >= 11 is 10.4. The van der Waals surface area contributed by atoms with E-state index in [1.165, 1.54) is 32.1 Å². The van der Waals surface area contributed by atoms with E-state index in [1.54, 1.807) is 0 Å². The number of rotatable bonds is 3. The Labute approximate surface area is 133 Å². The average Bonchev–Trinajstić information content (AvgIpc) is 2.96. The highest BCUT2D eigenvalue weighted by Crippen LogP contribution is 2.56. The molecule has 1 unspecified atom stereocenters. The first-order chi connectivity index (χ1) is 9.66. The Balaban J connectivity index is 1.96. The lowest BCUT2D eigenvalue weighted by Crippen LogP contribution is -2.22. The topological polar surface area (TPSA) is 18.5 Å². The summed E-state index contributed by atoms with van der Waals surface area (Å²) in [6.45, 7) is 3.49. The van der Waals surface area contributed by atoms with Crippen molar-refractivity contribution in [3.8, 4) is 11.5 Å². The molecule has 1 aromatic carbocycles. The zero-order valence-corrected chi connectivity index (χ0v) is 14.1. The highest BCUT2D eigenvalue weighted by Gasteiger charge is 2.40. The Morgan fingerprint density at radius 3 is 2.40 bits per heavy atom. The largest absolute Gasteiger partial charge is 0.486 e. The zero-order chi connectivity index (χ0) is 14.2. The van der Waals surface area contributed by atoms with Crippen molar-refractivity contribution in [1.82, 2.24) is 0 Å². The lowest BCUT2D eigenvalue weighted by atomic mass is 9.77. The maximum absolute atomic E-state index is 6.49. The van der Waals surface area contributed by atoms with Gasteiger partial charge in [-0.1, -0.05) is 47.3 Å². The first-order valence-corrected chi connectivity index (χ1v) is 8.69. The standard InChI is InChI=1S/C16H20BrClO2/c1-2-16(5-3-4-6-16)15(17)11-9-13-14(10-12(11)18)20-8-7-19-13/h9-10,15H,2-8H2,1H3. The lowest BCUT2D eigenvalue weighted by molar-refractivity contribution is 0.171. The number of ether oxygens (including phenoxy) is 2. The second-order valence-electron chi connectivity index (χ2n) is 5.80. The van der Waals surface area contributed by atoms with Crippen LogP contribution in [0.15, 0.2) is 12.1 Å². The quantitative estimate of drug-likeness (QED) is 0.662. The molecule has 110 valence electrons. The minimum atomic E-state index is 0.283. The van der Waals surface area contributed by atoms with Crippen molar-refractivity contribution in [3.63, 3.8) is 0 Å². The molecular formula is C16H20BrClO2. The summed E-state index contributed by atoms with van der Waals surface area (Å²) in [6.07, 6.45) is 6.35. The summed E-state index contributed by atoms with van der Waals surface area (Å²) in [7, 11) is 0. The number of fused-ring (bicyclic) bond motifs is 1. The Hall–Kier alpha value is -0.410. The zero-order valence-electron chi connectivity index (χ0n) is 11.8. The predicted octanol–water partition coefficient (Wildman–Crippen LogP) is 5.52. The predicted molar refractivity (Wildman–Crippen MR) is 85.3 cm³/mol. The maximum Gasteiger partial charge on any atom is 0.162 e. The van der Waals surface area contributed by atoms with E-state index in [4.69, 9.17) is 21.1 Å². The third-order valence-electron chi connectivity index (χ3n) is 4.78. The van der Waals surface area contributed by atoms with Gasteiger partial charge in [-0.25, -0.2) is 0 Å². The SMILES string of the molecule is CCC1(C(Br)c2cc3c(cc2Cl)OCCO3)CCCC1. The van der Waals surface area contributed by atoms with Gasteiger partial charge < -0.3 is 9.47 Å². The van der Waals surface area contributed by atoms with Crippen LogP contribution in [-0.2, 0) is 0 Å². The fraction of sp³-hybridized carbons (Fsp3) is 0.625. The van der Waals surface area contributed by atoms with Crippen LogP contribution in [0.3, 0.4) is 0 Å². The molecule has 4 heteroatoms. The van der Waals surface area contributed by atoms with E-state index < -0.39 is 0 Å². The Morgan fingerprint density at radius 1 is 1.20 bits per heavy atom. The fourth-order valence-corrected chi connectivity index (χ4v) is 5.02. The van der Waals surface area contributed by atoms with E-state index >= 15 is 0 Å². The van der Waals surface area contributed by atoms with Crippen LogP contribution in [0.2, 0.25) is 5.02 Å². The van der Waals surface area contributed by atoms with E-state index in [2.05, 4.69) is 28.9 Å². The first-order valence-electron chi connectivity index (χ1n) is 7.39. The van der Waals surface area contributed by atoms with E-state index in [0.717, 1.165) is 22.1 Å². The van der Waals surface area contributed by atoms with Crippen LogP contribution in [0.1, 0.15) is 49.4 Å². The molecule has 1 atom stereocenters. The summed E-state index contributed by atoms with van der Waals surface area (Å²) in [4.78, 5) is 0.283. The molecule has 1 aliphatic heterocycles. The Morgan fingerprint density at radius 2 is 1.80 bits per heavy atom. The normalized spacial score (nSPS) is 21.8. The van der Waals surface area contributed by atoms with Gasteiger partial charge in [-0.05, 0) is 36.3 Å². The molecule has 1 saturated carbocycles. The Bertz CT molecular complexity index is 497. The van der Waals surface area contributed by atoms with Crippen molar-refractivity contribution >= 4 is 27.5 Å². The number of halogens is 2. The molecule has 0 amide bonds. The third kappa shape index (κ3) is 2.43. The van der Waals surface area contributed by atoms with E-state index in [-0.39, 0.29) is 4.83 Å². The number of benzene rings is 1. The summed E-state index contributed by atoms with van der Waals surface area (Å²) < 4.78 is 11.3. The van der Waals surface area contributed by atoms with Gasteiger partial charge in [0.15, 0.2) is 11.5 Å². The van der Waals surface area contributed by atoms with Crippen molar-refractivity contribution in [3.05, 3.63) is 22.7 Å². The van der Waals surface area contributed by atoms with Gasteiger partial charge >= 0.3 is 0 Å². The minimum absolute atomic E-state index is 0.283. The lowest BCUT2D eigenvalue weighted by Gasteiger charge is -2.34. The molecule has 1 fully saturated rings. The van der Waals surface area contributed by atoms with Gasteiger partial charge in [0.25, 0.3) is 0 Å². The summed E-state index contributed by atoms with van der Waals surface area (Å²) in [5, 5.41) is 0.774. The molecule has 0 aromatic heterocycles. The number of hydrogen-bond donors (Lipinski definition) is 0. The highest BCUT2D eigenvalue weighted by atomic mass is 79.9. The summed E-state index contributed by atoms with van der Waals surface area (Å²) in [5.41, 5.74) is 1.47. The van der Waals surface area contributed by atoms with Gasteiger partial charge in [0, 0.05) is 15.9 Å². The summed E-state index contributed by atoms with van der Waals surface area (Å²) in [6, 6.07) is 3.96. The molecule has 0 N–H and O–H groups in total. The molecule has 1 aromatic rings. The van der Waals surface area contributed by atoms with Crippen molar-refractivity contribution in [1.29, 1.82) is 0 Å². The second-order valence-corrected chi connectivity index (χ2v) is 7.13. The molecule has 0 spiro atoms. The molecule has 1 aliphatic carbocycles. The second kappa shape index (κ2) is 5.76. The van der Waals surface area contributed by atoms with Crippen molar-refractivity contribution < 1.29 is 9.47 Å². The molecule has 20 heavy (non-hydrogen) atoms. The van der Waals surface area contributed by atoms with Gasteiger partial charge in [-0.2, -0.15) is 0 Å². The molecule has 0 saturated heterocycles. The number of alkyl halides is 1. The smallest absolute Gasteiger partial charge is 0.162 e. The Kier molecular flexibility index (Phi) is 4.19. The van der Waals surface area contributed by atoms with Crippen LogP contribution in [-0.4, -0.2) is 13.2 Å². The van der Waals surface area contributed by atoms with Crippen LogP contribution in [0.5, 0.6) is 11.5 Å². The molecule has 1 heterocycles. The van der Waals surface area contributed by atoms with E-state index in [1.807, 2.05) is 6.07 Å². The van der Waals surface area contributed by atoms with Crippen LogP contribution in [0.25, 0.3) is 0 Å². The number of hydrogen-bond acceptors (Lipinski definition) is 2. The van der Waals surface area contributed by atoms with Crippen LogP contribution in [0.4, 0.5) is 0 Å². The van der Waals surface area contributed by atoms with Gasteiger partial charge in [0.2, 0.25) is 0 Å². The van der Waals surface area contributed by atoms with Crippen molar-refractivity contribution in [2.24, 2.45) is 5.41 Å². The fourth-order valence-electron chi connectivity index (χ4n) is 3.47. The molecule has 2 nitrogen and oxygen atoms in total. The van der Waals surface area contributed by atoms with Crippen molar-refractivity contribution in [2.45, 2.75) is 43.9 Å². The average molecular weight is 360 g/mol. The third-order valence-corrected chi connectivity index (χ3v) is 6.57. The molecule has 2 aliphatic rings. The van der Waals surface area contributed by atoms with E-state index in [9.17, 15) is 0 Å². The monoisotopic (exact) mass is 358 g/mol. The van der Waals surface area contributed by atoms with Gasteiger partial charge in [-0.3, -0.25) is 0 Å². The highest BCUT2D eigenvalue weighted by molar-refractivity contribution is 9.09. The minimum Gasteiger partial charge on any atom is -0.486 e.